The number of nitrogens with two attached hydrogens (primary N) is 1. The van der Waals surface area contributed by atoms with E-state index in [1.807, 2.05) is 18.2 Å². The molecule has 5 heteroatoms. The molecule has 0 fully saturated rings. The van der Waals surface area contributed by atoms with Gasteiger partial charge in [-0.25, -0.2) is 0 Å². The number of benzene rings is 1. The molecule has 0 saturated heterocycles. The molecule has 19 heavy (non-hydrogen) atoms. The molecular weight excluding hydrogens is 246 g/mol. The second-order valence-corrected chi connectivity index (χ2v) is 4.15. The van der Waals surface area contributed by atoms with E-state index in [0.29, 0.717) is 24.9 Å². The fraction of sp³-hybridized carbons (Fsp3) is 0.429. The molecule has 0 amide bonds. The summed E-state index contributed by atoms with van der Waals surface area (Å²) < 4.78 is 9.49. The molecule has 0 aliphatic heterocycles. The Morgan fingerprint density at radius 2 is 2.00 bits per heavy atom. The quantitative estimate of drug-likeness (QED) is 0.461. The number of anilines is 1. The molecule has 0 heterocycles. The third kappa shape index (κ3) is 6.45. The van der Waals surface area contributed by atoms with Gasteiger partial charge in [0.15, 0.2) is 0 Å². The summed E-state index contributed by atoms with van der Waals surface area (Å²) in [6.45, 7) is 0.241. The van der Waals surface area contributed by atoms with Crippen LogP contribution in [-0.2, 0) is 25.5 Å². The molecule has 0 spiro atoms. The predicted molar refractivity (Wildman–Crippen MR) is 71.4 cm³/mol. The third-order valence-electron chi connectivity index (χ3n) is 2.58. The minimum absolute atomic E-state index is 0.241. The Morgan fingerprint density at radius 1 is 1.21 bits per heavy atom. The van der Waals surface area contributed by atoms with Crippen LogP contribution in [0.3, 0.4) is 0 Å². The molecule has 0 unspecified atom stereocenters. The zero-order valence-corrected chi connectivity index (χ0v) is 11.1. The number of ether oxygens (including phenoxy) is 2. The van der Waals surface area contributed by atoms with Gasteiger partial charge in [-0.2, -0.15) is 0 Å². The van der Waals surface area contributed by atoms with Crippen LogP contribution in [0.1, 0.15) is 24.8 Å². The fourth-order valence-corrected chi connectivity index (χ4v) is 1.57. The Bertz CT molecular complexity index is 431. The van der Waals surface area contributed by atoms with Crippen molar-refractivity contribution in [3.63, 3.8) is 0 Å². The van der Waals surface area contributed by atoms with E-state index in [1.165, 1.54) is 7.11 Å². The summed E-state index contributed by atoms with van der Waals surface area (Å²) >= 11 is 0. The van der Waals surface area contributed by atoms with Crippen LogP contribution in [0.4, 0.5) is 5.69 Å². The molecule has 1 rings (SSSR count). The summed E-state index contributed by atoms with van der Waals surface area (Å²) in [4.78, 5) is 22.3. The van der Waals surface area contributed by atoms with Crippen molar-refractivity contribution in [2.75, 3.05) is 19.5 Å². The highest BCUT2D eigenvalue weighted by Crippen LogP contribution is 2.09. The smallest absolute Gasteiger partial charge is 0.306 e. The molecule has 0 bridgehead atoms. The Hall–Kier alpha value is -2.04. The van der Waals surface area contributed by atoms with Crippen molar-refractivity contribution in [2.45, 2.75) is 25.7 Å². The van der Waals surface area contributed by atoms with Gasteiger partial charge in [-0.05, 0) is 30.5 Å². The molecule has 0 radical (unpaired) electrons. The highest BCUT2D eigenvalue weighted by molar-refractivity contribution is 5.70. The zero-order valence-electron chi connectivity index (χ0n) is 11.1. The number of esters is 2. The molecule has 5 nitrogen and oxygen atoms in total. The van der Waals surface area contributed by atoms with Crippen LogP contribution in [0, 0.1) is 0 Å². The Morgan fingerprint density at radius 3 is 2.68 bits per heavy atom. The largest absolute Gasteiger partial charge is 0.469 e. The van der Waals surface area contributed by atoms with Gasteiger partial charge in [-0.3, -0.25) is 9.59 Å². The van der Waals surface area contributed by atoms with Crippen molar-refractivity contribution in [1.29, 1.82) is 0 Å². The summed E-state index contributed by atoms with van der Waals surface area (Å²) in [5.41, 5.74) is 7.33. The highest BCUT2D eigenvalue weighted by Gasteiger charge is 2.05. The number of carbonyl (C=O) groups excluding carboxylic acids is 2. The second kappa shape index (κ2) is 8.13. The maximum absolute atomic E-state index is 11.4. The molecule has 0 aliphatic carbocycles. The van der Waals surface area contributed by atoms with Gasteiger partial charge in [0.25, 0.3) is 0 Å². The van der Waals surface area contributed by atoms with E-state index < -0.39 is 0 Å². The molecule has 1 aromatic carbocycles. The van der Waals surface area contributed by atoms with E-state index in [9.17, 15) is 9.59 Å². The van der Waals surface area contributed by atoms with Gasteiger partial charge in [0, 0.05) is 18.5 Å². The number of aryl methyl sites for hydroxylation is 1. The number of carbonyl (C=O) groups is 2. The lowest BCUT2D eigenvalue weighted by molar-refractivity contribution is -0.146. The van der Waals surface area contributed by atoms with E-state index in [0.717, 1.165) is 5.56 Å². The van der Waals surface area contributed by atoms with Gasteiger partial charge in [-0.15, -0.1) is 0 Å². The lowest BCUT2D eigenvalue weighted by Crippen LogP contribution is -2.09. The number of methoxy groups -OCH3 is 1. The summed E-state index contributed by atoms with van der Waals surface area (Å²) in [7, 11) is 1.33. The fourth-order valence-electron chi connectivity index (χ4n) is 1.57. The van der Waals surface area contributed by atoms with Gasteiger partial charge < -0.3 is 15.2 Å². The van der Waals surface area contributed by atoms with E-state index in [2.05, 4.69) is 4.74 Å². The standard InChI is InChI=1S/C14H19NO4/c1-18-13(16)6-3-9-19-14(17)8-7-11-4-2-5-12(15)10-11/h2,4-5,10H,3,6-9,15H2,1H3. The molecule has 2 N–H and O–H groups in total. The molecular formula is C14H19NO4. The van der Waals surface area contributed by atoms with E-state index in [1.54, 1.807) is 6.07 Å². The van der Waals surface area contributed by atoms with E-state index >= 15 is 0 Å². The average Bonchev–Trinajstić information content (AvgIpc) is 2.41. The minimum atomic E-state index is -0.296. The first-order chi connectivity index (χ1) is 9.11. The molecule has 0 aliphatic rings. The van der Waals surface area contributed by atoms with Gasteiger partial charge in [-0.1, -0.05) is 12.1 Å². The third-order valence-corrected chi connectivity index (χ3v) is 2.58. The predicted octanol–water partition coefficient (Wildman–Crippen LogP) is 1.70. The monoisotopic (exact) mass is 265 g/mol. The minimum Gasteiger partial charge on any atom is -0.469 e. The molecule has 104 valence electrons. The van der Waals surface area contributed by atoms with E-state index in [4.69, 9.17) is 10.5 Å². The lowest BCUT2D eigenvalue weighted by Gasteiger charge is -2.05. The Balaban J connectivity index is 2.16. The van der Waals surface area contributed by atoms with Crippen molar-refractivity contribution >= 4 is 17.6 Å². The van der Waals surface area contributed by atoms with Crippen LogP contribution in [-0.4, -0.2) is 25.7 Å². The van der Waals surface area contributed by atoms with Gasteiger partial charge in [0.2, 0.25) is 0 Å². The summed E-state index contributed by atoms with van der Waals surface area (Å²) in [6.07, 6.45) is 1.65. The van der Waals surface area contributed by atoms with Crippen molar-refractivity contribution in [3.05, 3.63) is 29.8 Å². The summed E-state index contributed by atoms with van der Waals surface area (Å²) in [6, 6.07) is 7.41. The highest BCUT2D eigenvalue weighted by atomic mass is 16.5. The van der Waals surface area contributed by atoms with Gasteiger partial charge in [0.1, 0.15) is 0 Å². The number of nitrogen functional groups attached to an aromatic ring is 1. The summed E-state index contributed by atoms with van der Waals surface area (Å²) in [5, 5.41) is 0. The van der Waals surface area contributed by atoms with Crippen molar-refractivity contribution in [1.82, 2.24) is 0 Å². The van der Waals surface area contributed by atoms with E-state index in [-0.39, 0.29) is 25.0 Å². The Labute approximate surface area is 112 Å². The molecule has 0 aromatic heterocycles. The second-order valence-electron chi connectivity index (χ2n) is 4.15. The van der Waals surface area contributed by atoms with Crippen molar-refractivity contribution < 1.29 is 19.1 Å². The molecule has 0 saturated carbocycles. The zero-order chi connectivity index (χ0) is 14.1. The van der Waals surface area contributed by atoms with Crippen molar-refractivity contribution in [3.8, 4) is 0 Å². The first kappa shape index (κ1) is 15.0. The number of rotatable bonds is 7. The van der Waals surface area contributed by atoms with Crippen molar-refractivity contribution in [2.24, 2.45) is 0 Å². The number of hydrogen-bond acceptors (Lipinski definition) is 5. The average molecular weight is 265 g/mol. The van der Waals surface area contributed by atoms with Crippen LogP contribution in [0.25, 0.3) is 0 Å². The SMILES string of the molecule is COC(=O)CCCOC(=O)CCc1cccc(N)c1. The normalized spacial score (nSPS) is 9.95. The first-order valence-corrected chi connectivity index (χ1v) is 6.18. The van der Waals surface area contributed by atoms with Crippen LogP contribution < -0.4 is 5.73 Å². The topological polar surface area (TPSA) is 78.6 Å². The maximum atomic E-state index is 11.4. The van der Waals surface area contributed by atoms with Gasteiger partial charge in [0.05, 0.1) is 13.7 Å². The maximum Gasteiger partial charge on any atom is 0.306 e. The summed E-state index contributed by atoms with van der Waals surface area (Å²) in [5.74, 6) is -0.567. The van der Waals surface area contributed by atoms with Crippen LogP contribution in [0.15, 0.2) is 24.3 Å². The van der Waals surface area contributed by atoms with Crippen LogP contribution in [0.2, 0.25) is 0 Å². The Kier molecular flexibility index (Phi) is 6.43. The van der Waals surface area contributed by atoms with Gasteiger partial charge >= 0.3 is 11.9 Å². The van der Waals surface area contributed by atoms with Crippen LogP contribution in [0.5, 0.6) is 0 Å². The lowest BCUT2D eigenvalue weighted by atomic mass is 10.1. The first-order valence-electron chi connectivity index (χ1n) is 6.18. The molecule has 1 aromatic rings. The molecule has 0 atom stereocenters. The van der Waals surface area contributed by atoms with Crippen LogP contribution >= 0.6 is 0 Å². The number of hydrogen-bond donors (Lipinski definition) is 1.